The van der Waals surface area contributed by atoms with E-state index >= 15 is 0 Å². The van der Waals surface area contributed by atoms with Gasteiger partial charge in [-0.25, -0.2) is 9.13 Å². The Morgan fingerprint density at radius 2 is 0.510 bits per heavy atom. The third-order valence-corrected chi connectivity index (χ3v) is 21.5. The minimum Gasteiger partial charge on any atom is -0.462 e. The molecule has 0 radical (unpaired) electrons. The van der Waals surface area contributed by atoms with Gasteiger partial charge in [0.15, 0.2) is 12.2 Å². The number of hydrogen-bond donors (Lipinski definition) is 3. The zero-order valence-corrected chi connectivity index (χ0v) is 67.5. The Labute approximate surface area is 613 Å². The Kier molecular flexibility index (Phi) is 69.9. The zero-order valence-electron chi connectivity index (χ0n) is 65.7. The van der Waals surface area contributed by atoms with E-state index in [2.05, 4.69) is 48.5 Å². The van der Waals surface area contributed by atoms with Gasteiger partial charge in [-0.2, -0.15) is 0 Å². The van der Waals surface area contributed by atoms with Crippen molar-refractivity contribution < 1.29 is 80.2 Å². The summed E-state index contributed by atoms with van der Waals surface area (Å²) in [6, 6.07) is 0. The normalized spacial score (nSPS) is 14.5. The fourth-order valence-corrected chi connectivity index (χ4v) is 14.0. The van der Waals surface area contributed by atoms with Gasteiger partial charge in [-0.3, -0.25) is 37.3 Å². The summed E-state index contributed by atoms with van der Waals surface area (Å²) in [5.41, 5.74) is 0. The van der Waals surface area contributed by atoms with Crippen molar-refractivity contribution in [3.8, 4) is 0 Å². The van der Waals surface area contributed by atoms with Crippen LogP contribution in [0.2, 0.25) is 0 Å². The van der Waals surface area contributed by atoms with Crippen LogP contribution in [-0.2, 0) is 65.4 Å². The number of aliphatic hydroxyl groups excluding tert-OH is 1. The number of phosphoric acid groups is 2. The Morgan fingerprint density at radius 3 is 0.760 bits per heavy atom. The van der Waals surface area contributed by atoms with E-state index in [1.54, 1.807) is 0 Å². The van der Waals surface area contributed by atoms with Crippen LogP contribution in [-0.4, -0.2) is 96.7 Å². The number of ether oxygens (including phenoxy) is 4. The molecule has 17 nitrogen and oxygen atoms in total. The summed E-state index contributed by atoms with van der Waals surface area (Å²) in [6.45, 7) is 12.0. The maximum atomic E-state index is 13.1. The molecule has 4 unspecified atom stereocenters. The molecule has 100 heavy (non-hydrogen) atoms. The van der Waals surface area contributed by atoms with E-state index in [-0.39, 0.29) is 25.7 Å². The highest BCUT2D eigenvalue weighted by Gasteiger charge is 2.30. The summed E-state index contributed by atoms with van der Waals surface area (Å²) < 4.78 is 68.7. The lowest BCUT2D eigenvalue weighted by atomic mass is 9.99. The van der Waals surface area contributed by atoms with Gasteiger partial charge < -0.3 is 33.8 Å². The lowest BCUT2D eigenvalue weighted by molar-refractivity contribution is -0.161. The number of esters is 4. The fraction of sp³-hybridized carbons (Fsp3) is 0.951. The maximum absolute atomic E-state index is 13.1. The highest BCUT2D eigenvalue weighted by molar-refractivity contribution is 7.47. The van der Waals surface area contributed by atoms with E-state index in [1.165, 1.54) is 225 Å². The van der Waals surface area contributed by atoms with E-state index < -0.39 is 97.5 Å². The predicted molar refractivity (Wildman–Crippen MR) is 409 cm³/mol. The SMILES string of the molecule is CCCCCCCCCCCCCCCC(=O)O[C@H](COC(=O)CCCCCCCCC(C)CC)COP(=O)(O)OC[C@H](O)COP(=O)(O)OC[C@@H](COC(=O)CCCCCCCCCCCCCCC(C)C)OC(=O)CCCCCCCCCCCCCCCCCCCCC(C)CC. The first-order chi connectivity index (χ1) is 48.3. The van der Waals surface area contributed by atoms with Crippen LogP contribution in [0.3, 0.4) is 0 Å². The molecule has 0 spiro atoms. The second-order valence-electron chi connectivity index (χ2n) is 30.1. The molecule has 0 bridgehead atoms. The Balaban J connectivity index is 5.22. The van der Waals surface area contributed by atoms with Crippen molar-refractivity contribution in [2.45, 2.75) is 439 Å². The number of carbonyl (C=O) groups excluding carboxylic acids is 4. The Bertz CT molecular complexity index is 1940. The van der Waals surface area contributed by atoms with E-state index in [9.17, 15) is 43.2 Å². The molecular weight excluding hydrogens is 1310 g/mol. The molecule has 0 aliphatic heterocycles. The van der Waals surface area contributed by atoms with Crippen LogP contribution in [0, 0.1) is 17.8 Å². The summed E-state index contributed by atoms with van der Waals surface area (Å²) in [5.74, 6) is 0.272. The first-order valence-electron chi connectivity index (χ1n) is 41.9. The van der Waals surface area contributed by atoms with E-state index in [0.29, 0.717) is 25.7 Å². The summed E-state index contributed by atoms with van der Waals surface area (Å²) in [4.78, 5) is 73.0. The third kappa shape index (κ3) is 71.7. The largest absolute Gasteiger partial charge is 0.472 e. The molecule has 0 saturated heterocycles. The Morgan fingerprint density at radius 1 is 0.290 bits per heavy atom. The number of rotatable bonds is 79. The van der Waals surface area contributed by atoms with Crippen molar-refractivity contribution >= 4 is 39.5 Å². The quantitative estimate of drug-likeness (QED) is 0.0222. The van der Waals surface area contributed by atoms with Crippen molar-refractivity contribution in [2.24, 2.45) is 17.8 Å². The van der Waals surface area contributed by atoms with Gasteiger partial charge in [-0.1, -0.05) is 370 Å². The monoisotopic (exact) mass is 1470 g/mol. The van der Waals surface area contributed by atoms with Gasteiger partial charge in [-0.05, 0) is 43.4 Å². The summed E-state index contributed by atoms with van der Waals surface area (Å²) in [6.07, 6.45) is 59.6. The topological polar surface area (TPSA) is 237 Å². The van der Waals surface area contributed by atoms with Gasteiger partial charge in [0.25, 0.3) is 0 Å². The van der Waals surface area contributed by atoms with E-state index in [4.69, 9.17) is 37.0 Å². The first-order valence-corrected chi connectivity index (χ1v) is 44.9. The highest BCUT2D eigenvalue weighted by Crippen LogP contribution is 2.45. The number of carbonyl (C=O) groups is 4. The van der Waals surface area contributed by atoms with Gasteiger partial charge >= 0.3 is 39.5 Å². The Hall–Kier alpha value is -1.94. The highest BCUT2D eigenvalue weighted by atomic mass is 31.2. The van der Waals surface area contributed by atoms with Crippen molar-refractivity contribution in [2.75, 3.05) is 39.6 Å². The van der Waals surface area contributed by atoms with E-state index in [0.717, 1.165) is 114 Å². The fourth-order valence-electron chi connectivity index (χ4n) is 12.4. The maximum Gasteiger partial charge on any atom is 0.472 e. The summed E-state index contributed by atoms with van der Waals surface area (Å²) in [5, 5.41) is 10.6. The number of aliphatic hydroxyl groups is 1. The van der Waals surface area contributed by atoms with Gasteiger partial charge in [0.05, 0.1) is 26.4 Å². The van der Waals surface area contributed by atoms with Crippen molar-refractivity contribution in [3.05, 3.63) is 0 Å². The van der Waals surface area contributed by atoms with Crippen LogP contribution in [0.25, 0.3) is 0 Å². The number of phosphoric ester groups is 2. The molecule has 0 amide bonds. The average Bonchev–Trinajstić information content (AvgIpc) is 0.979. The van der Waals surface area contributed by atoms with Gasteiger partial charge in [0, 0.05) is 25.7 Å². The summed E-state index contributed by atoms with van der Waals surface area (Å²) >= 11 is 0. The molecular formula is C81H158O17P2. The third-order valence-electron chi connectivity index (χ3n) is 19.6. The van der Waals surface area contributed by atoms with Gasteiger partial charge in [-0.15, -0.1) is 0 Å². The van der Waals surface area contributed by atoms with Crippen LogP contribution in [0.1, 0.15) is 421 Å². The zero-order chi connectivity index (χ0) is 73.7. The first kappa shape index (κ1) is 98.1. The number of hydrogen-bond acceptors (Lipinski definition) is 15. The lowest BCUT2D eigenvalue weighted by Gasteiger charge is -2.21. The molecule has 0 aromatic carbocycles. The lowest BCUT2D eigenvalue weighted by Crippen LogP contribution is -2.30. The van der Waals surface area contributed by atoms with Crippen molar-refractivity contribution in [3.63, 3.8) is 0 Å². The molecule has 0 saturated carbocycles. The van der Waals surface area contributed by atoms with Gasteiger partial charge in [0.2, 0.25) is 0 Å². The smallest absolute Gasteiger partial charge is 0.462 e. The molecule has 0 rings (SSSR count). The molecule has 0 aromatic heterocycles. The molecule has 594 valence electrons. The second kappa shape index (κ2) is 71.3. The van der Waals surface area contributed by atoms with Crippen LogP contribution >= 0.6 is 15.6 Å². The molecule has 7 atom stereocenters. The minimum absolute atomic E-state index is 0.107. The van der Waals surface area contributed by atoms with Crippen molar-refractivity contribution in [1.82, 2.24) is 0 Å². The summed E-state index contributed by atoms with van der Waals surface area (Å²) in [7, 11) is -9.92. The molecule has 0 fully saturated rings. The standard InChI is InChI=1S/C81H158O17P2/c1-8-11-12-13-14-15-16-23-31-36-41-50-57-64-81(86)98-77(69-92-79(84)63-56-49-44-43-47-54-61-74(7)10-3)71-96-100(89,90)94-67-75(82)66-93-99(87,88)95-70-76(68-91-78(83)62-55-48-40-35-30-27-26-28-33-38-45-52-59-72(4)5)97-80(85)65-58-51-42-37-32-25-22-20-18-17-19-21-24-29-34-39-46-53-60-73(6)9-2/h72-77,82H,8-71H2,1-7H3,(H,87,88)(H,89,90)/t73?,74?,75-,76-,77-/m1/s1. The van der Waals surface area contributed by atoms with E-state index in [1.807, 2.05) is 0 Å². The molecule has 0 aliphatic rings. The van der Waals surface area contributed by atoms with Crippen LogP contribution in [0.15, 0.2) is 0 Å². The van der Waals surface area contributed by atoms with Gasteiger partial charge in [0.1, 0.15) is 19.3 Å². The second-order valence-corrected chi connectivity index (χ2v) is 33.0. The molecule has 0 aromatic rings. The average molecular weight is 1470 g/mol. The van der Waals surface area contributed by atoms with Crippen LogP contribution < -0.4 is 0 Å². The van der Waals surface area contributed by atoms with Crippen LogP contribution in [0.5, 0.6) is 0 Å². The molecule has 3 N–H and O–H groups in total. The molecule has 0 heterocycles. The van der Waals surface area contributed by atoms with Crippen LogP contribution in [0.4, 0.5) is 0 Å². The number of unbranched alkanes of at least 4 members (excludes halogenated alkanes) is 45. The van der Waals surface area contributed by atoms with Crippen molar-refractivity contribution in [1.29, 1.82) is 0 Å². The molecule has 0 aliphatic carbocycles. The predicted octanol–water partition coefficient (Wildman–Crippen LogP) is 24.1. The minimum atomic E-state index is -4.96. The molecule has 19 heteroatoms.